The first kappa shape index (κ1) is 42.0. The fraction of sp³-hybridized carbons (Fsp3) is 0.311. The molecule has 5 atom stereocenters. The van der Waals surface area contributed by atoms with E-state index in [4.69, 9.17) is 23.7 Å². The molecule has 17 heteroatoms. The van der Waals surface area contributed by atoms with Crippen LogP contribution in [-0.4, -0.2) is 105 Å². The van der Waals surface area contributed by atoms with E-state index in [-0.39, 0.29) is 11.5 Å². The van der Waals surface area contributed by atoms with Gasteiger partial charge in [-0.2, -0.15) is 10.2 Å². The predicted molar refractivity (Wildman–Crippen MR) is 226 cm³/mol. The van der Waals surface area contributed by atoms with Crippen LogP contribution in [-0.2, 0) is 22.4 Å². The van der Waals surface area contributed by atoms with Crippen molar-refractivity contribution in [2.75, 3.05) is 37.7 Å². The molecule has 0 bridgehead atoms. The Morgan fingerprint density at radius 2 is 1.42 bits per heavy atom. The average Bonchev–Trinajstić information content (AvgIpc) is 4.02. The van der Waals surface area contributed by atoms with Gasteiger partial charge in [0.2, 0.25) is 0 Å². The van der Waals surface area contributed by atoms with Crippen LogP contribution in [0.5, 0.6) is 23.0 Å². The molecule has 4 aromatic carbocycles. The summed E-state index contributed by atoms with van der Waals surface area (Å²) < 4.78 is 42.2. The molecule has 16 nitrogen and oxygen atoms in total. The molecule has 3 aliphatic rings. The van der Waals surface area contributed by atoms with Crippen molar-refractivity contribution >= 4 is 29.0 Å². The number of hydrogen-bond acceptors (Lipinski definition) is 13. The zero-order valence-electron chi connectivity index (χ0n) is 34.6. The fourth-order valence-corrected chi connectivity index (χ4v) is 8.16. The highest BCUT2D eigenvalue weighted by Crippen LogP contribution is 2.48. The zero-order valence-corrected chi connectivity index (χ0v) is 34.6. The molecule has 2 aliphatic carbocycles. The van der Waals surface area contributed by atoms with Gasteiger partial charge in [-0.1, -0.05) is 18.2 Å². The van der Waals surface area contributed by atoms with Crippen LogP contribution in [0.3, 0.4) is 0 Å². The molecule has 2 aromatic heterocycles. The summed E-state index contributed by atoms with van der Waals surface area (Å²) >= 11 is 0. The lowest BCUT2D eigenvalue weighted by Crippen LogP contribution is -2.63. The number of aromatic amines is 2. The van der Waals surface area contributed by atoms with Gasteiger partial charge in [0.05, 0.1) is 38.8 Å². The topological polar surface area (TPSA) is 217 Å². The van der Waals surface area contributed by atoms with E-state index in [0.29, 0.717) is 42.4 Å². The average molecular weight is 851 g/mol. The summed E-state index contributed by atoms with van der Waals surface area (Å²) in [4.78, 5) is 13.0. The zero-order chi connectivity index (χ0) is 43.8. The molecule has 6 aromatic rings. The van der Waals surface area contributed by atoms with Crippen LogP contribution in [0.1, 0.15) is 41.7 Å². The van der Waals surface area contributed by atoms with Crippen LogP contribution in [0.2, 0.25) is 0 Å². The van der Waals surface area contributed by atoms with Crippen molar-refractivity contribution in [3.8, 4) is 45.5 Å². The number of anilines is 4. The molecular formula is C45H47FN6O10. The number of aliphatic hydroxyl groups excluding tert-OH is 3. The van der Waals surface area contributed by atoms with E-state index in [0.717, 1.165) is 51.8 Å². The van der Waals surface area contributed by atoms with Crippen LogP contribution in [0.25, 0.3) is 22.5 Å². The number of aromatic nitrogens is 4. The standard InChI is InChI=1S/C24H24FN3O8.C21H23N3O2/c1-34-15-7-10-6-14-17(13(10)9-16(15)35-2)26-27-22(14)28(12-5-3-4-11(25)8-12)23-20(31)18(29)19(30)21(36-23)24(32)33;1-4-25-18-11-14-10-17-20(16(14)12-19(18)26-5-2)23-24-21(17)22-15-8-6-7-13(3)9-15/h3-5,7-9,18-21,23,29-31H,6H2,1-2H3,(H,26,27)(H,32,33);6-9,11-12H,4-5,10H2,1-3H3,(H2,22,23,24)/t18-,19-,20+,21-,23+;/m0./s1. The summed E-state index contributed by atoms with van der Waals surface area (Å²) in [6.45, 7) is 7.27. The number of carboxylic acid groups (broad SMARTS) is 1. The summed E-state index contributed by atoms with van der Waals surface area (Å²) in [7, 11) is 3.04. The van der Waals surface area contributed by atoms with Gasteiger partial charge in [-0.15, -0.1) is 0 Å². The summed E-state index contributed by atoms with van der Waals surface area (Å²) in [5.41, 5.74) is 10.0. The number of aliphatic hydroxyl groups is 3. The lowest BCUT2D eigenvalue weighted by Gasteiger charge is -2.44. The number of ether oxygens (including phenoxy) is 5. The largest absolute Gasteiger partial charge is 0.493 e. The van der Waals surface area contributed by atoms with E-state index in [1.807, 2.05) is 26.0 Å². The summed E-state index contributed by atoms with van der Waals surface area (Å²) in [5, 5.41) is 59.4. The molecule has 62 heavy (non-hydrogen) atoms. The quantitative estimate of drug-likeness (QED) is 0.0751. The number of carboxylic acids is 1. The molecule has 0 unspecified atom stereocenters. The van der Waals surface area contributed by atoms with E-state index in [1.165, 1.54) is 60.1 Å². The Morgan fingerprint density at radius 3 is 2.08 bits per heavy atom. The number of aryl methyl sites for hydroxylation is 1. The Labute approximate surface area is 355 Å². The number of carbonyl (C=O) groups is 1. The summed E-state index contributed by atoms with van der Waals surface area (Å²) in [6.07, 6.45) is -7.65. The van der Waals surface area contributed by atoms with Gasteiger partial charge in [-0.25, -0.2) is 9.18 Å². The highest BCUT2D eigenvalue weighted by molar-refractivity contribution is 5.83. The van der Waals surface area contributed by atoms with Gasteiger partial charge in [-0.3, -0.25) is 15.1 Å². The van der Waals surface area contributed by atoms with E-state index in [1.54, 1.807) is 6.07 Å². The minimum absolute atomic E-state index is 0.187. The number of nitrogens with zero attached hydrogens (tertiary/aromatic N) is 3. The highest BCUT2D eigenvalue weighted by atomic mass is 19.1. The Bertz CT molecular complexity index is 2610. The number of benzene rings is 4. The first-order chi connectivity index (χ1) is 29.9. The smallest absolute Gasteiger partial charge is 0.335 e. The summed E-state index contributed by atoms with van der Waals surface area (Å²) in [6, 6.07) is 21.4. The van der Waals surface area contributed by atoms with Crippen molar-refractivity contribution in [3.05, 3.63) is 106 Å². The lowest BCUT2D eigenvalue weighted by molar-refractivity contribution is -0.225. The maximum Gasteiger partial charge on any atom is 0.335 e. The van der Waals surface area contributed by atoms with E-state index < -0.39 is 42.4 Å². The third kappa shape index (κ3) is 7.75. The maximum absolute atomic E-state index is 14.3. The van der Waals surface area contributed by atoms with Crippen LogP contribution < -0.4 is 29.2 Å². The minimum Gasteiger partial charge on any atom is -0.493 e. The second kappa shape index (κ2) is 17.4. The van der Waals surface area contributed by atoms with Crippen molar-refractivity contribution < 1.29 is 53.3 Å². The number of fused-ring (bicyclic) bond motifs is 6. The van der Waals surface area contributed by atoms with Gasteiger partial charge in [0.25, 0.3) is 0 Å². The third-order valence-corrected chi connectivity index (χ3v) is 11.0. The maximum atomic E-state index is 14.3. The van der Waals surface area contributed by atoms with Crippen LogP contribution in [0.4, 0.5) is 27.4 Å². The SMILES string of the molecule is CCOc1cc2c(cc1OCC)-c1[nH]nc(Nc3cccc(C)c3)c1C2.COc1cc2c(cc1OC)-c1[nH]nc(N(c3cccc(F)c3)[C@@H]3O[C@H](C(=O)O)[C@@H](O)[C@H](O)[C@H]3O)c1C2. The van der Waals surface area contributed by atoms with Crippen molar-refractivity contribution in [2.24, 2.45) is 0 Å². The molecule has 324 valence electrons. The molecule has 1 saturated heterocycles. The van der Waals surface area contributed by atoms with Crippen molar-refractivity contribution in [1.82, 2.24) is 20.4 Å². The molecule has 0 radical (unpaired) electrons. The number of rotatable bonds is 12. The normalized spacial score (nSPS) is 19.3. The van der Waals surface area contributed by atoms with Crippen LogP contribution in [0, 0.1) is 12.7 Å². The second-order valence-corrected chi connectivity index (χ2v) is 15.0. The molecule has 7 N–H and O–H groups in total. The van der Waals surface area contributed by atoms with Crippen LogP contribution in [0.15, 0.2) is 72.8 Å². The Hall–Kier alpha value is -6.66. The number of halogens is 1. The second-order valence-electron chi connectivity index (χ2n) is 15.0. The lowest BCUT2D eigenvalue weighted by atomic mass is 9.97. The molecule has 9 rings (SSSR count). The molecule has 0 amide bonds. The Morgan fingerprint density at radius 1 is 0.806 bits per heavy atom. The van der Waals surface area contributed by atoms with Crippen LogP contribution >= 0.6 is 0 Å². The molecule has 1 aliphatic heterocycles. The van der Waals surface area contributed by atoms with Gasteiger partial charge >= 0.3 is 5.97 Å². The first-order valence-corrected chi connectivity index (χ1v) is 20.1. The van der Waals surface area contributed by atoms with Crippen molar-refractivity contribution in [3.63, 3.8) is 0 Å². The van der Waals surface area contributed by atoms with Gasteiger partial charge in [-0.05, 0) is 92.1 Å². The van der Waals surface area contributed by atoms with E-state index in [2.05, 4.69) is 63.0 Å². The number of nitrogens with one attached hydrogen (secondary N) is 3. The molecule has 3 heterocycles. The monoisotopic (exact) mass is 850 g/mol. The number of methoxy groups -OCH3 is 2. The Balaban J connectivity index is 0.000000180. The van der Waals surface area contributed by atoms with Gasteiger partial charge < -0.3 is 49.4 Å². The fourth-order valence-electron chi connectivity index (χ4n) is 8.16. The predicted octanol–water partition coefficient (Wildman–Crippen LogP) is 6.00. The molecule has 0 saturated carbocycles. The number of H-pyrrole nitrogens is 2. The molecular weight excluding hydrogens is 804 g/mol. The van der Waals surface area contributed by atoms with E-state index >= 15 is 0 Å². The van der Waals surface area contributed by atoms with Gasteiger partial charge in [0.15, 0.2) is 47.0 Å². The molecule has 1 fully saturated rings. The minimum atomic E-state index is -1.88. The van der Waals surface area contributed by atoms with E-state index in [9.17, 15) is 29.6 Å². The number of aliphatic carboxylic acids is 1. The Kier molecular flexibility index (Phi) is 11.8. The highest BCUT2D eigenvalue weighted by Gasteiger charge is 2.50. The van der Waals surface area contributed by atoms with Crippen molar-refractivity contribution in [2.45, 2.75) is 64.3 Å². The van der Waals surface area contributed by atoms with Gasteiger partial charge in [0, 0.05) is 46.5 Å². The first-order valence-electron chi connectivity index (χ1n) is 20.1. The third-order valence-electron chi connectivity index (χ3n) is 11.0. The van der Waals surface area contributed by atoms with Crippen molar-refractivity contribution in [1.29, 1.82) is 0 Å². The molecule has 0 spiro atoms. The number of hydrogen-bond donors (Lipinski definition) is 7. The summed E-state index contributed by atoms with van der Waals surface area (Å²) in [5.74, 6) is 1.60. The van der Waals surface area contributed by atoms with Gasteiger partial charge in [0.1, 0.15) is 24.1 Å².